The van der Waals surface area contributed by atoms with Crippen molar-refractivity contribution in [2.45, 2.75) is 42.9 Å². The van der Waals surface area contributed by atoms with Crippen LogP contribution in [0.15, 0.2) is 29.8 Å². The zero-order chi connectivity index (χ0) is 17.2. The lowest BCUT2D eigenvalue weighted by molar-refractivity contribution is -0.132. The van der Waals surface area contributed by atoms with Crippen LogP contribution >= 0.6 is 0 Å². The van der Waals surface area contributed by atoms with Crippen molar-refractivity contribution in [3.8, 4) is 0 Å². The smallest absolute Gasteiger partial charge is 0.229 e. The second-order valence-corrected chi connectivity index (χ2v) is 9.04. The summed E-state index contributed by atoms with van der Waals surface area (Å²) < 4.78 is 6.25. The van der Waals surface area contributed by atoms with Crippen molar-refractivity contribution in [3.05, 3.63) is 35.4 Å². The summed E-state index contributed by atoms with van der Waals surface area (Å²) in [6, 6.07) is 6.99. The quantitative estimate of drug-likeness (QED) is 0.572. The van der Waals surface area contributed by atoms with Gasteiger partial charge < -0.3 is 15.4 Å². The van der Waals surface area contributed by atoms with Gasteiger partial charge in [-0.1, -0.05) is 11.6 Å². The zero-order valence-electron chi connectivity index (χ0n) is 14.7. The number of nitrogen functional groups attached to an aromatic ring is 1. The molecule has 5 heterocycles. The molecule has 1 aromatic carbocycles. The number of hydrogen-bond donors (Lipinski definition) is 1. The van der Waals surface area contributed by atoms with E-state index in [9.17, 15) is 4.79 Å². The normalized spacial score (nSPS) is 44.6. The maximum Gasteiger partial charge on any atom is 0.229 e. The van der Waals surface area contributed by atoms with Crippen molar-refractivity contribution in [2.24, 2.45) is 11.8 Å². The Hall–Kier alpha value is -1.85. The summed E-state index contributed by atoms with van der Waals surface area (Å²) in [6.45, 7) is 2.88. The molecule has 4 fully saturated rings. The number of rotatable bonds is 0. The highest BCUT2D eigenvalue weighted by Crippen LogP contribution is 2.65. The third kappa shape index (κ3) is 1.37. The Bertz CT molecular complexity index is 895. The number of fused-ring (bicyclic) bond motifs is 2. The van der Waals surface area contributed by atoms with E-state index in [2.05, 4.69) is 28.0 Å². The molecule has 6 aliphatic rings. The molecule has 1 spiro atoms. The second-order valence-electron chi connectivity index (χ2n) is 9.04. The Morgan fingerprint density at radius 2 is 2.23 bits per heavy atom. The lowest BCUT2D eigenvalue weighted by atomic mass is 9.53. The van der Waals surface area contributed by atoms with Gasteiger partial charge in [0.05, 0.1) is 25.2 Å². The maximum atomic E-state index is 13.2. The molecule has 1 amide bonds. The number of piperidine rings is 2. The first-order valence-electron chi connectivity index (χ1n) is 9.95. The highest BCUT2D eigenvalue weighted by atomic mass is 16.5. The Morgan fingerprint density at radius 1 is 1.31 bits per heavy atom. The Morgan fingerprint density at radius 3 is 3.15 bits per heavy atom. The van der Waals surface area contributed by atoms with Gasteiger partial charge in [0.25, 0.3) is 0 Å². The first-order chi connectivity index (χ1) is 12.7. The van der Waals surface area contributed by atoms with Crippen molar-refractivity contribution < 1.29 is 9.53 Å². The molecule has 2 N–H and O–H groups in total. The van der Waals surface area contributed by atoms with Crippen LogP contribution < -0.4 is 10.6 Å². The lowest BCUT2D eigenvalue weighted by Gasteiger charge is -2.58. The molecule has 1 aromatic rings. The maximum absolute atomic E-state index is 13.2. The first kappa shape index (κ1) is 14.2. The third-order valence-corrected chi connectivity index (χ3v) is 8.33. The van der Waals surface area contributed by atoms with Crippen molar-refractivity contribution in [3.63, 3.8) is 0 Å². The van der Waals surface area contributed by atoms with E-state index in [4.69, 9.17) is 10.5 Å². The van der Waals surface area contributed by atoms with E-state index in [1.807, 2.05) is 6.07 Å². The largest absolute Gasteiger partial charge is 0.399 e. The molecule has 6 atom stereocenters. The minimum Gasteiger partial charge on any atom is -0.399 e. The number of nitrogens with zero attached hydrogens (tertiary/aromatic N) is 2. The highest BCUT2D eigenvalue weighted by Gasteiger charge is 2.70. The van der Waals surface area contributed by atoms with Crippen molar-refractivity contribution in [2.75, 3.05) is 30.3 Å². The summed E-state index contributed by atoms with van der Waals surface area (Å²) in [6.07, 6.45) is 5.25. The number of ether oxygens (including phenoxy) is 1. The number of carbonyl (C=O) groups excluding carboxylic acids is 1. The minimum atomic E-state index is 0.0411. The highest BCUT2D eigenvalue weighted by molar-refractivity contribution is 5.99. The topological polar surface area (TPSA) is 58.8 Å². The van der Waals surface area contributed by atoms with Crippen LogP contribution in [0.3, 0.4) is 0 Å². The molecule has 3 saturated heterocycles. The van der Waals surface area contributed by atoms with Gasteiger partial charge in [0.1, 0.15) is 0 Å². The number of benzene rings is 1. The van der Waals surface area contributed by atoms with E-state index >= 15 is 0 Å². The Kier molecular flexibility index (Phi) is 2.38. The fraction of sp³-hybridized carbons (Fsp3) is 0.571. The zero-order valence-corrected chi connectivity index (χ0v) is 14.7. The third-order valence-electron chi connectivity index (χ3n) is 8.33. The molecule has 1 aliphatic carbocycles. The molecule has 7 rings (SSSR count). The average molecular weight is 349 g/mol. The van der Waals surface area contributed by atoms with Crippen LogP contribution in [0.5, 0.6) is 0 Å². The van der Waals surface area contributed by atoms with Crippen LogP contribution in [0.1, 0.15) is 24.8 Å². The molecule has 0 radical (unpaired) electrons. The lowest BCUT2D eigenvalue weighted by Crippen LogP contribution is -2.69. The van der Waals surface area contributed by atoms with E-state index < -0.39 is 0 Å². The second kappa shape index (κ2) is 4.34. The van der Waals surface area contributed by atoms with E-state index in [0.717, 1.165) is 30.9 Å². The van der Waals surface area contributed by atoms with Gasteiger partial charge in [0.2, 0.25) is 5.91 Å². The average Bonchev–Trinajstić information content (AvgIpc) is 3.09. The van der Waals surface area contributed by atoms with Gasteiger partial charge in [-0.2, -0.15) is 0 Å². The van der Waals surface area contributed by atoms with E-state index in [0.29, 0.717) is 30.9 Å². The standard InChI is InChI=1S/C21H23N3O2/c22-12-1-2-15-14(7-12)21-4-5-23-10-11-3-6-26-16-9-18(25)24(15)20(21)19(16)13(11)8-17(21)23/h1-3,7,13,16-17,19-20H,4-6,8-10,22H2/t13-,16+,17-,19-,20+,21-/m0/s1. The summed E-state index contributed by atoms with van der Waals surface area (Å²) in [5, 5.41) is 0. The predicted octanol–water partition coefficient (Wildman–Crippen LogP) is 1.67. The van der Waals surface area contributed by atoms with E-state index in [1.165, 1.54) is 12.0 Å². The van der Waals surface area contributed by atoms with Crippen LogP contribution in [0.2, 0.25) is 0 Å². The molecule has 2 bridgehead atoms. The van der Waals surface area contributed by atoms with Gasteiger partial charge >= 0.3 is 0 Å². The molecule has 0 aromatic heterocycles. The van der Waals surface area contributed by atoms with Gasteiger partial charge in [0, 0.05) is 35.3 Å². The molecule has 1 saturated carbocycles. The number of amides is 1. The molecular weight excluding hydrogens is 326 g/mol. The summed E-state index contributed by atoms with van der Waals surface area (Å²) in [5.41, 5.74) is 11.1. The van der Waals surface area contributed by atoms with Crippen LogP contribution in [-0.2, 0) is 14.9 Å². The minimum absolute atomic E-state index is 0.0411. The van der Waals surface area contributed by atoms with Crippen LogP contribution in [-0.4, -0.2) is 48.7 Å². The molecule has 5 heteroatoms. The van der Waals surface area contributed by atoms with Crippen LogP contribution in [0.25, 0.3) is 0 Å². The molecule has 5 nitrogen and oxygen atoms in total. The van der Waals surface area contributed by atoms with Gasteiger partial charge in [0.15, 0.2) is 0 Å². The number of nitrogens with two attached hydrogens (primary N) is 1. The monoisotopic (exact) mass is 349 g/mol. The van der Waals surface area contributed by atoms with E-state index in [-0.39, 0.29) is 23.5 Å². The van der Waals surface area contributed by atoms with Gasteiger partial charge in [-0.25, -0.2) is 0 Å². The van der Waals surface area contributed by atoms with Crippen molar-refractivity contribution >= 4 is 17.3 Å². The van der Waals surface area contributed by atoms with Crippen molar-refractivity contribution in [1.82, 2.24) is 4.90 Å². The number of hydrogen-bond acceptors (Lipinski definition) is 4. The fourth-order valence-electron chi connectivity index (χ4n) is 7.57. The summed E-state index contributed by atoms with van der Waals surface area (Å²) >= 11 is 0. The summed E-state index contributed by atoms with van der Waals surface area (Å²) in [7, 11) is 0. The molecule has 0 unspecified atom stereocenters. The van der Waals surface area contributed by atoms with Gasteiger partial charge in [-0.15, -0.1) is 0 Å². The summed E-state index contributed by atoms with van der Waals surface area (Å²) in [4.78, 5) is 18.1. The molecular formula is C21H23N3O2. The Labute approximate surface area is 152 Å². The van der Waals surface area contributed by atoms with E-state index in [1.54, 1.807) is 5.57 Å². The predicted molar refractivity (Wildman–Crippen MR) is 97.8 cm³/mol. The first-order valence-corrected chi connectivity index (χ1v) is 9.95. The Balaban J connectivity index is 1.55. The van der Waals surface area contributed by atoms with Crippen LogP contribution in [0, 0.1) is 11.8 Å². The fourth-order valence-corrected chi connectivity index (χ4v) is 7.57. The number of anilines is 2. The molecule has 5 aliphatic heterocycles. The van der Waals surface area contributed by atoms with Gasteiger partial charge in [-0.05, 0) is 49.1 Å². The summed E-state index contributed by atoms with van der Waals surface area (Å²) in [5.74, 6) is 1.23. The number of carbonyl (C=O) groups is 1. The molecule has 134 valence electrons. The molecule has 26 heavy (non-hydrogen) atoms. The van der Waals surface area contributed by atoms with Crippen LogP contribution in [0.4, 0.5) is 11.4 Å². The SMILES string of the molecule is Nc1ccc2c(c1)[C@]13CCN4CC5=CCO[C@@H]6CC(=O)N2[C@@H]1[C@H]6[C@H]5C[C@H]43. The van der Waals surface area contributed by atoms with Crippen molar-refractivity contribution in [1.29, 1.82) is 0 Å². The van der Waals surface area contributed by atoms with Gasteiger partial charge in [-0.3, -0.25) is 9.69 Å².